The summed E-state index contributed by atoms with van der Waals surface area (Å²) in [4.78, 5) is 12.5. The molecule has 0 aromatic heterocycles. The first-order chi connectivity index (χ1) is 12.7. The van der Waals surface area contributed by atoms with Crippen molar-refractivity contribution in [1.29, 1.82) is 0 Å². The van der Waals surface area contributed by atoms with Gasteiger partial charge in [0.25, 0.3) is 0 Å². The normalized spacial score (nSPS) is 19.2. The molecule has 5 nitrogen and oxygen atoms in total. The van der Waals surface area contributed by atoms with Gasteiger partial charge in [-0.05, 0) is 29.8 Å². The SMILES string of the molecule is COc1cc(C2SCCS2)ccc1OC(=O)[C@@H]1COc2ccccc2O1. The third-order valence-electron chi connectivity index (χ3n) is 4.06. The molecule has 136 valence electrons. The Labute approximate surface area is 160 Å². The second kappa shape index (κ2) is 7.72. The zero-order valence-electron chi connectivity index (χ0n) is 14.2. The van der Waals surface area contributed by atoms with Crippen LogP contribution < -0.4 is 18.9 Å². The molecule has 7 heteroatoms. The number of hydrogen-bond acceptors (Lipinski definition) is 7. The topological polar surface area (TPSA) is 54.0 Å². The number of carbonyl (C=O) groups is 1. The van der Waals surface area contributed by atoms with Crippen LogP contribution in [0.25, 0.3) is 0 Å². The first-order valence-corrected chi connectivity index (χ1v) is 10.4. The number of hydrogen-bond donors (Lipinski definition) is 0. The lowest BCUT2D eigenvalue weighted by molar-refractivity contribution is -0.144. The molecule has 26 heavy (non-hydrogen) atoms. The third kappa shape index (κ3) is 3.59. The Morgan fingerprint density at radius 2 is 1.85 bits per heavy atom. The molecule has 0 unspecified atom stereocenters. The van der Waals surface area contributed by atoms with Crippen LogP contribution in [-0.2, 0) is 4.79 Å². The maximum absolute atomic E-state index is 12.5. The maximum Gasteiger partial charge on any atom is 0.356 e. The zero-order chi connectivity index (χ0) is 17.9. The number of esters is 1. The summed E-state index contributed by atoms with van der Waals surface area (Å²) in [5.74, 6) is 3.89. The standard InChI is InChI=1S/C19H18O5S2/c1-21-16-10-12(19-25-8-9-26-19)6-7-15(16)24-18(20)17-11-22-13-4-2-3-5-14(13)23-17/h2-7,10,17,19H,8-9,11H2,1H3/t17-/m0/s1. The first-order valence-electron chi connectivity index (χ1n) is 8.26. The highest BCUT2D eigenvalue weighted by Crippen LogP contribution is 2.47. The number of carbonyl (C=O) groups excluding carboxylic acids is 1. The molecule has 0 amide bonds. The minimum atomic E-state index is -0.810. The van der Waals surface area contributed by atoms with Gasteiger partial charge in [-0.2, -0.15) is 0 Å². The highest BCUT2D eigenvalue weighted by molar-refractivity contribution is 8.19. The highest BCUT2D eigenvalue weighted by Gasteiger charge is 2.30. The van der Waals surface area contributed by atoms with E-state index < -0.39 is 12.1 Å². The minimum absolute atomic E-state index is 0.117. The van der Waals surface area contributed by atoms with Crippen LogP contribution in [0.2, 0.25) is 0 Å². The number of thioether (sulfide) groups is 2. The summed E-state index contributed by atoms with van der Waals surface area (Å²) >= 11 is 3.83. The molecule has 0 bridgehead atoms. The zero-order valence-corrected chi connectivity index (χ0v) is 15.8. The average Bonchev–Trinajstić information content (AvgIpc) is 3.22. The van der Waals surface area contributed by atoms with Crippen molar-refractivity contribution in [2.24, 2.45) is 0 Å². The van der Waals surface area contributed by atoms with Crippen LogP contribution >= 0.6 is 23.5 Å². The predicted molar refractivity (Wildman–Crippen MR) is 103 cm³/mol. The molecule has 2 aliphatic heterocycles. The number of methoxy groups -OCH3 is 1. The molecule has 0 spiro atoms. The van der Waals surface area contributed by atoms with Gasteiger partial charge in [-0.15, -0.1) is 23.5 Å². The Morgan fingerprint density at radius 1 is 1.08 bits per heavy atom. The van der Waals surface area contributed by atoms with E-state index in [4.69, 9.17) is 18.9 Å². The molecule has 2 heterocycles. The van der Waals surface area contributed by atoms with Gasteiger partial charge in [0.2, 0.25) is 6.10 Å². The largest absolute Gasteiger partial charge is 0.493 e. The van der Waals surface area contributed by atoms with Crippen molar-refractivity contribution in [3.05, 3.63) is 48.0 Å². The molecule has 1 atom stereocenters. The van der Waals surface area contributed by atoms with Gasteiger partial charge in [-0.1, -0.05) is 18.2 Å². The molecule has 2 aromatic carbocycles. The van der Waals surface area contributed by atoms with E-state index >= 15 is 0 Å². The molecule has 0 saturated carbocycles. The van der Waals surface area contributed by atoms with Gasteiger partial charge in [-0.3, -0.25) is 0 Å². The summed E-state index contributed by atoms with van der Waals surface area (Å²) in [6, 6.07) is 13.0. The molecule has 2 aromatic rings. The van der Waals surface area contributed by atoms with Crippen LogP contribution in [0.1, 0.15) is 10.1 Å². The van der Waals surface area contributed by atoms with Gasteiger partial charge in [0, 0.05) is 11.5 Å². The molecular weight excluding hydrogens is 372 g/mol. The van der Waals surface area contributed by atoms with Crippen molar-refractivity contribution >= 4 is 29.5 Å². The monoisotopic (exact) mass is 390 g/mol. The van der Waals surface area contributed by atoms with Crippen molar-refractivity contribution in [2.45, 2.75) is 10.7 Å². The lowest BCUT2D eigenvalue weighted by Gasteiger charge is -2.25. The highest BCUT2D eigenvalue weighted by atomic mass is 32.2. The maximum atomic E-state index is 12.5. The summed E-state index contributed by atoms with van der Waals surface area (Å²) < 4.78 is 22.6. The smallest absolute Gasteiger partial charge is 0.356 e. The van der Waals surface area contributed by atoms with Gasteiger partial charge in [-0.25, -0.2) is 4.79 Å². The van der Waals surface area contributed by atoms with E-state index in [9.17, 15) is 4.79 Å². The van der Waals surface area contributed by atoms with E-state index in [-0.39, 0.29) is 6.61 Å². The van der Waals surface area contributed by atoms with E-state index in [1.165, 1.54) is 5.56 Å². The van der Waals surface area contributed by atoms with Crippen LogP contribution in [0.15, 0.2) is 42.5 Å². The molecule has 0 N–H and O–H groups in total. The van der Waals surface area contributed by atoms with Crippen molar-refractivity contribution < 1.29 is 23.7 Å². The second-order valence-electron chi connectivity index (χ2n) is 5.77. The number of ether oxygens (including phenoxy) is 4. The molecule has 0 radical (unpaired) electrons. The molecular formula is C19H18O5S2. The lowest BCUT2D eigenvalue weighted by Crippen LogP contribution is -2.39. The van der Waals surface area contributed by atoms with E-state index in [0.29, 0.717) is 27.6 Å². The number of para-hydroxylation sites is 2. The van der Waals surface area contributed by atoms with Crippen LogP contribution in [0.4, 0.5) is 0 Å². The van der Waals surface area contributed by atoms with Gasteiger partial charge in [0.15, 0.2) is 23.0 Å². The minimum Gasteiger partial charge on any atom is -0.493 e. The summed E-state index contributed by atoms with van der Waals surface area (Å²) in [5.41, 5.74) is 1.17. The fourth-order valence-corrected chi connectivity index (χ4v) is 5.61. The number of rotatable bonds is 4. The predicted octanol–water partition coefficient (Wildman–Crippen LogP) is 3.92. The quantitative estimate of drug-likeness (QED) is 0.579. The van der Waals surface area contributed by atoms with Gasteiger partial charge >= 0.3 is 5.97 Å². The van der Waals surface area contributed by atoms with Crippen LogP contribution in [0.5, 0.6) is 23.0 Å². The van der Waals surface area contributed by atoms with Crippen LogP contribution in [0, 0.1) is 0 Å². The van der Waals surface area contributed by atoms with Crippen molar-refractivity contribution in [3.63, 3.8) is 0 Å². The molecule has 2 aliphatic rings. The van der Waals surface area contributed by atoms with Crippen molar-refractivity contribution in [3.8, 4) is 23.0 Å². The Hall–Kier alpha value is -1.99. The summed E-state index contributed by atoms with van der Waals surface area (Å²) in [7, 11) is 1.57. The Balaban J connectivity index is 1.47. The van der Waals surface area contributed by atoms with Crippen LogP contribution in [0.3, 0.4) is 0 Å². The lowest BCUT2D eigenvalue weighted by atomic mass is 10.2. The summed E-state index contributed by atoms with van der Waals surface area (Å²) in [6.07, 6.45) is -0.810. The summed E-state index contributed by atoms with van der Waals surface area (Å²) in [6.45, 7) is 0.117. The Morgan fingerprint density at radius 3 is 2.62 bits per heavy atom. The number of benzene rings is 2. The first kappa shape index (κ1) is 17.4. The molecule has 0 aliphatic carbocycles. The number of fused-ring (bicyclic) bond motifs is 1. The molecule has 1 saturated heterocycles. The average molecular weight is 390 g/mol. The van der Waals surface area contributed by atoms with Crippen molar-refractivity contribution in [1.82, 2.24) is 0 Å². The Bertz CT molecular complexity index is 804. The molecule has 1 fully saturated rings. The van der Waals surface area contributed by atoms with Gasteiger partial charge in [0.1, 0.15) is 6.61 Å². The fraction of sp³-hybridized carbons (Fsp3) is 0.316. The van der Waals surface area contributed by atoms with Gasteiger partial charge < -0.3 is 18.9 Å². The van der Waals surface area contributed by atoms with Gasteiger partial charge in [0.05, 0.1) is 11.7 Å². The Kier molecular flexibility index (Phi) is 5.17. The van der Waals surface area contributed by atoms with E-state index in [2.05, 4.69) is 0 Å². The second-order valence-corrected chi connectivity index (χ2v) is 8.49. The molecule has 4 rings (SSSR count). The van der Waals surface area contributed by atoms with Crippen molar-refractivity contribution in [2.75, 3.05) is 25.2 Å². The summed E-state index contributed by atoms with van der Waals surface area (Å²) in [5, 5.41) is 0. The fourth-order valence-electron chi connectivity index (χ4n) is 2.78. The van der Waals surface area contributed by atoms with E-state index in [1.807, 2.05) is 47.8 Å². The van der Waals surface area contributed by atoms with E-state index in [1.54, 1.807) is 25.3 Å². The van der Waals surface area contributed by atoms with Crippen LogP contribution in [-0.4, -0.2) is 37.3 Å². The van der Waals surface area contributed by atoms with E-state index in [0.717, 1.165) is 11.5 Å². The third-order valence-corrected chi connectivity index (χ3v) is 7.17.